The molecule has 6 heteroatoms. The van der Waals surface area contributed by atoms with E-state index in [9.17, 15) is 4.79 Å². The van der Waals surface area contributed by atoms with Gasteiger partial charge in [0.25, 0.3) is 0 Å². The van der Waals surface area contributed by atoms with E-state index in [2.05, 4.69) is 37.7 Å². The zero-order valence-electron chi connectivity index (χ0n) is 13.4. The molecule has 4 rings (SSSR count). The highest BCUT2D eigenvalue weighted by Crippen LogP contribution is 2.31. The number of anilines is 1. The quantitative estimate of drug-likeness (QED) is 0.932. The highest BCUT2D eigenvalue weighted by Gasteiger charge is 2.30. The first kappa shape index (κ1) is 14.9. The summed E-state index contributed by atoms with van der Waals surface area (Å²) in [5.41, 5.74) is 1.08. The SMILES string of the molecule is CC(C(=O)NC1CC1)N1CCN(c2snc3ccccc23)CC1. The van der Waals surface area contributed by atoms with E-state index in [1.165, 1.54) is 10.4 Å². The normalized spacial score (nSPS) is 20.7. The van der Waals surface area contributed by atoms with Gasteiger partial charge in [0.1, 0.15) is 5.00 Å². The van der Waals surface area contributed by atoms with Crippen LogP contribution in [-0.4, -0.2) is 53.4 Å². The Bertz CT molecular complexity index is 703. The molecule has 2 aromatic rings. The van der Waals surface area contributed by atoms with Gasteiger partial charge in [-0.1, -0.05) is 12.1 Å². The number of carbonyl (C=O) groups excluding carboxylic acids is 1. The fourth-order valence-electron chi connectivity index (χ4n) is 3.13. The fourth-order valence-corrected chi connectivity index (χ4v) is 4.04. The molecular formula is C17H22N4OS. The minimum Gasteiger partial charge on any atom is -0.359 e. The van der Waals surface area contributed by atoms with Crippen LogP contribution < -0.4 is 10.2 Å². The van der Waals surface area contributed by atoms with E-state index in [1.54, 1.807) is 11.5 Å². The highest BCUT2D eigenvalue weighted by molar-refractivity contribution is 7.11. The summed E-state index contributed by atoms with van der Waals surface area (Å²) in [5, 5.41) is 5.61. The van der Waals surface area contributed by atoms with Gasteiger partial charge >= 0.3 is 0 Å². The van der Waals surface area contributed by atoms with Crippen LogP contribution in [0.25, 0.3) is 10.9 Å². The third-order valence-corrected chi connectivity index (χ3v) is 5.76. The molecule has 1 aliphatic heterocycles. The number of nitrogens with one attached hydrogen (secondary N) is 1. The molecule has 1 aromatic heterocycles. The maximum Gasteiger partial charge on any atom is 0.237 e. The summed E-state index contributed by atoms with van der Waals surface area (Å²) >= 11 is 1.58. The molecule has 1 saturated heterocycles. The van der Waals surface area contributed by atoms with Crippen molar-refractivity contribution in [2.45, 2.75) is 31.8 Å². The van der Waals surface area contributed by atoms with E-state index in [0.29, 0.717) is 6.04 Å². The lowest BCUT2D eigenvalue weighted by Gasteiger charge is -2.37. The number of fused-ring (bicyclic) bond motifs is 1. The number of benzene rings is 1. The highest BCUT2D eigenvalue weighted by atomic mass is 32.1. The Morgan fingerprint density at radius 2 is 2.00 bits per heavy atom. The first-order valence-corrected chi connectivity index (χ1v) is 9.13. The van der Waals surface area contributed by atoms with E-state index >= 15 is 0 Å². The van der Waals surface area contributed by atoms with Crippen LogP contribution in [0.3, 0.4) is 0 Å². The lowest BCUT2D eigenvalue weighted by Crippen LogP contribution is -2.54. The zero-order valence-corrected chi connectivity index (χ0v) is 14.2. The van der Waals surface area contributed by atoms with Crippen LogP contribution in [0.15, 0.2) is 24.3 Å². The van der Waals surface area contributed by atoms with Crippen LogP contribution in [0, 0.1) is 0 Å². The second kappa shape index (κ2) is 6.09. The minimum absolute atomic E-state index is 0.0315. The molecular weight excluding hydrogens is 308 g/mol. The second-order valence-electron chi connectivity index (χ2n) is 6.49. The van der Waals surface area contributed by atoms with Gasteiger partial charge in [-0.2, -0.15) is 4.37 Å². The number of hydrogen-bond donors (Lipinski definition) is 1. The summed E-state index contributed by atoms with van der Waals surface area (Å²) < 4.78 is 4.54. The fraction of sp³-hybridized carbons (Fsp3) is 0.529. The monoisotopic (exact) mass is 330 g/mol. The average molecular weight is 330 g/mol. The zero-order chi connectivity index (χ0) is 15.8. The average Bonchev–Trinajstić information content (AvgIpc) is 3.30. The molecule has 0 bridgehead atoms. The standard InChI is InChI=1S/C17H22N4OS/c1-12(16(22)18-13-6-7-13)20-8-10-21(11-9-20)17-14-4-2-3-5-15(14)19-23-17/h2-5,12-13H,6-11H2,1H3,(H,18,22). The third-order valence-electron chi connectivity index (χ3n) is 4.82. The van der Waals surface area contributed by atoms with Gasteiger partial charge in [0.15, 0.2) is 0 Å². The minimum atomic E-state index is -0.0315. The lowest BCUT2D eigenvalue weighted by atomic mass is 10.2. The summed E-state index contributed by atoms with van der Waals surface area (Å²) in [5.74, 6) is 0.184. The van der Waals surface area contributed by atoms with Gasteiger partial charge in [0.2, 0.25) is 5.91 Å². The van der Waals surface area contributed by atoms with Crippen molar-refractivity contribution in [2.24, 2.45) is 0 Å². The predicted molar refractivity (Wildman–Crippen MR) is 94.0 cm³/mol. The van der Waals surface area contributed by atoms with E-state index in [4.69, 9.17) is 0 Å². The van der Waals surface area contributed by atoms with Crippen molar-refractivity contribution >= 4 is 33.3 Å². The molecule has 0 radical (unpaired) electrons. The summed E-state index contributed by atoms with van der Waals surface area (Å²) in [4.78, 5) is 16.9. The van der Waals surface area contributed by atoms with Crippen LogP contribution in [0.1, 0.15) is 19.8 Å². The van der Waals surface area contributed by atoms with E-state index in [1.807, 2.05) is 13.0 Å². The Labute approximate surface area is 140 Å². The Kier molecular flexibility index (Phi) is 3.95. The Hall–Kier alpha value is -1.66. The lowest BCUT2D eigenvalue weighted by molar-refractivity contribution is -0.126. The van der Waals surface area contributed by atoms with Gasteiger partial charge in [-0.05, 0) is 43.4 Å². The largest absolute Gasteiger partial charge is 0.359 e. The van der Waals surface area contributed by atoms with Gasteiger partial charge in [-0.25, -0.2) is 0 Å². The number of rotatable bonds is 4. The number of amides is 1. The van der Waals surface area contributed by atoms with Crippen LogP contribution in [-0.2, 0) is 4.79 Å². The molecule has 1 amide bonds. The van der Waals surface area contributed by atoms with E-state index in [-0.39, 0.29) is 11.9 Å². The van der Waals surface area contributed by atoms with Crippen molar-refractivity contribution in [2.75, 3.05) is 31.1 Å². The first-order chi connectivity index (χ1) is 11.2. The molecule has 2 fully saturated rings. The maximum absolute atomic E-state index is 12.2. The molecule has 2 aliphatic rings. The molecule has 1 N–H and O–H groups in total. The summed E-state index contributed by atoms with van der Waals surface area (Å²) in [6, 6.07) is 8.72. The van der Waals surface area contributed by atoms with Crippen LogP contribution in [0.2, 0.25) is 0 Å². The van der Waals surface area contributed by atoms with E-state index < -0.39 is 0 Å². The van der Waals surface area contributed by atoms with Gasteiger partial charge in [-0.15, -0.1) is 0 Å². The van der Waals surface area contributed by atoms with Crippen LogP contribution in [0.5, 0.6) is 0 Å². The van der Waals surface area contributed by atoms with Gasteiger partial charge in [0.05, 0.1) is 11.6 Å². The Morgan fingerprint density at radius 1 is 1.26 bits per heavy atom. The molecule has 1 saturated carbocycles. The number of aromatic nitrogens is 1. The van der Waals surface area contributed by atoms with Crippen LogP contribution in [0.4, 0.5) is 5.00 Å². The molecule has 1 aromatic carbocycles. The summed E-state index contributed by atoms with van der Waals surface area (Å²) in [6.07, 6.45) is 2.29. The summed E-state index contributed by atoms with van der Waals surface area (Å²) in [6.45, 7) is 5.77. The molecule has 1 unspecified atom stereocenters. The molecule has 122 valence electrons. The second-order valence-corrected chi connectivity index (χ2v) is 7.24. The van der Waals surface area contributed by atoms with Crippen molar-refractivity contribution < 1.29 is 4.79 Å². The van der Waals surface area contributed by atoms with Crippen molar-refractivity contribution in [3.05, 3.63) is 24.3 Å². The van der Waals surface area contributed by atoms with Crippen molar-refractivity contribution in [3.8, 4) is 0 Å². The van der Waals surface area contributed by atoms with Gasteiger partial charge in [0, 0.05) is 37.6 Å². The predicted octanol–water partition coefficient (Wildman–Crippen LogP) is 2.09. The molecule has 1 aliphatic carbocycles. The van der Waals surface area contributed by atoms with Crippen molar-refractivity contribution in [1.82, 2.24) is 14.6 Å². The Balaban J connectivity index is 1.39. The number of piperazine rings is 1. The van der Waals surface area contributed by atoms with Crippen molar-refractivity contribution in [3.63, 3.8) is 0 Å². The van der Waals surface area contributed by atoms with E-state index in [0.717, 1.165) is 44.5 Å². The molecule has 1 atom stereocenters. The number of hydrogen-bond acceptors (Lipinski definition) is 5. The van der Waals surface area contributed by atoms with Gasteiger partial charge in [-0.3, -0.25) is 9.69 Å². The maximum atomic E-state index is 12.2. The smallest absolute Gasteiger partial charge is 0.237 e. The van der Waals surface area contributed by atoms with Crippen molar-refractivity contribution in [1.29, 1.82) is 0 Å². The Morgan fingerprint density at radius 3 is 2.74 bits per heavy atom. The molecule has 5 nitrogen and oxygen atoms in total. The first-order valence-electron chi connectivity index (χ1n) is 8.36. The topological polar surface area (TPSA) is 48.5 Å². The number of nitrogens with zero attached hydrogens (tertiary/aromatic N) is 3. The number of carbonyl (C=O) groups is 1. The molecule has 0 spiro atoms. The van der Waals surface area contributed by atoms with Gasteiger partial charge < -0.3 is 10.2 Å². The summed E-state index contributed by atoms with van der Waals surface area (Å²) in [7, 11) is 0. The molecule has 2 heterocycles. The third kappa shape index (κ3) is 3.05. The van der Waals surface area contributed by atoms with Crippen LogP contribution >= 0.6 is 11.5 Å². The molecule has 23 heavy (non-hydrogen) atoms.